The zero-order valence-corrected chi connectivity index (χ0v) is 17.3. The number of aromatic nitrogens is 2. The number of halogens is 2. The van der Waals surface area contributed by atoms with Gasteiger partial charge in [0.25, 0.3) is 0 Å². The number of hydrogen-bond donors (Lipinski definition) is 1. The van der Waals surface area contributed by atoms with Gasteiger partial charge >= 0.3 is 6.01 Å². The van der Waals surface area contributed by atoms with E-state index in [1.54, 1.807) is 24.3 Å². The van der Waals surface area contributed by atoms with Crippen LogP contribution in [0.25, 0.3) is 10.9 Å². The van der Waals surface area contributed by atoms with Crippen LogP contribution in [0.4, 0.5) is 15.9 Å². The Morgan fingerprint density at radius 3 is 2.66 bits per heavy atom. The Labute approximate surface area is 172 Å². The lowest BCUT2D eigenvalue weighted by Gasteiger charge is -2.12. The second-order valence-corrected chi connectivity index (χ2v) is 9.02. The molecule has 2 aromatic carbocycles. The second-order valence-electron chi connectivity index (χ2n) is 6.32. The molecule has 0 amide bonds. The third kappa shape index (κ3) is 5.68. The number of hydrogen-bond acceptors (Lipinski definition) is 7. The molecule has 0 bridgehead atoms. The summed E-state index contributed by atoms with van der Waals surface area (Å²) in [6, 6.07) is 9.51. The van der Waals surface area contributed by atoms with E-state index in [0.29, 0.717) is 28.9 Å². The Kier molecular flexibility index (Phi) is 6.39. The lowest BCUT2D eigenvalue weighted by atomic mass is 10.2. The van der Waals surface area contributed by atoms with Gasteiger partial charge in [-0.05, 0) is 36.8 Å². The first-order valence-electron chi connectivity index (χ1n) is 8.63. The highest BCUT2D eigenvalue weighted by Crippen LogP contribution is 2.30. The van der Waals surface area contributed by atoms with Crippen LogP contribution in [0.5, 0.6) is 11.8 Å². The minimum atomic E-state index is -3.03. The number of ether oxygens (including phenoxy) is 2. The molecule has 154 valence electrons. The zero-order valence-electron chi connectivity index (χ0n) is 15.8. The van der Waals surface area contributed by atoms with Gasteiger partial charge in [-0.25, -0.2) is 12.8 Å². The molecule has 0 aliphatic heterocycles. The van der Waals surface area contributed by atoms with Crippen LogP contribution in [0.1, 0.15) is 6.42 Å². The monoisotopic (exact) mass is 439 g/mol. The number of fused-ring (bicyclic) bond motifs is 1. The summed E-state index contributed by atoms with van der Waals surface area (Å²) in [6.45, 7) is 0.252. The van der Waals surface area contributed by atoms with E-state index >= 15 is 0 Å². The maximum Gasteiger partial charge on any atom is 0.318 e. The van der Waals surface area contributed by atoms with Crippen LogP contribution in [0, 0.1) is 5.82 Å². The smallest absolute Gasteiger partial charge is 0.318 e. The Bertz CT molecular complexity index is 1140. The number of nitrogens with one attached hydrogen (secondary N) is 1. The van der Waals surface area contributed by atoms with Crippen LogP contribution in [0.3, 0.4) is 0 Å². The molecule has 1 aromatic heterocycles. The average Bonchev–Trinajstić information content (AvgIpc) is 2.66. The van der Waals surface area contributed by atoms with Crippen molar-refractivity contribution in [1.82, 2.24) is 9.97 Å². The largest absolute Gasteiger partial charge is 0.493 e. The number of benzene rings is 2. The summed E-state index contributed by atoms with van der Waals surface area (Å²) in [5.74, 6) is 0.415. The molecule has 3 rings (SSSR count). The molecule has 0 fully saturated rings. The summed E-state index contributed by atoms with van der Waals surface area (Å²) >= 11 is 5.80. The molecule has 10 heteroatoms. The van der Waals surface area contributed by atoms with E-state index in [0.717, 1.165) is 0 Å². The van der Waals surface area contributed by atoms with E-state index < -0.39 is 15.7 Å². The Morgan fingerprint density at radius 1 is 1.17 bits per heavy atom. The second kappa shape index (κ2) is 8.79. The average molecular weight is 440 g/mol. The van der Waals surface area contributed by atoms with E-state index in [9.17, 15) is 12.8 Å². The van der Waals surface area contributed by atoms with E-state index in [1.165, 1.54) is 25.5 Å². The fraction of sp³-hybridized carbons (Fsp3) is 0.263. The topological polar surface area (TPSA) is 90.4 Å². The van der Waals surface area contributed by atoms with Crippen molar-refractivity contribution in [1.29, 1.82) is 0 Å². The Hall–Kier alpha value is -2.65. The quantitative estimate of drug-likeness (QED) is 0.530. The summed E-state index contributed by atoms with van der Waals surface area (Å²) in [4.78, 5) is 8.56. The molecule has 1 N–H and O–H groups in total. The molecule has 29 heavy (non-hydrogen) atoms. The molecule has 0 spiro atoms. The van der Waals surface area contributed by atoms with Crippen LogP contribution in [-0.2, 0) is 9.84 Å². The van der Waals surface area contributed by atoms with E-state index in [2.05, 4.69) is 15.3 Å². The molecule has 1 heterocycles. The Morgan fingerprint density at radius 2 is 1.97 bits per heavy atom. The highest BCUT2D eigenvalue weighted by Gasteiger charge is 2.12. The standard InChI is InChI=1S/C19H19ClFN3O4S/c1-27-19-23-17-11-13(28-8-3-9-29(2,25)26)5-6-14(17)18(24-19)22-16-7-4-12(20)10-15(16)21/h4-7,10-11H,3,8-9H2,1-2H3,(H,22,23,24). The number of nitrogens with zero attached hydrogens (tertiary/aromatic N) is 2. The van der Waals surface area contributed by atoms with E-state index in [4.69, 9.17) is 21.1 Å². The van der Waals surface area contributed by atoms with Gasteiger partial charge in [0.05, 0.1) is 30.7 Å². The van der Waals surface area contributed by atoms with Crippen molar-refractivity contribution in [3.05, 3.63) is 47.2 Å². The molecule has 0 aliphatic rings. The van der Waals surface area contributed by atoms with Gasteiger partial charge in [0.1, 0.15) is 27.2 Å². The summed E-state index contributed by atoms with van der Waals surface area (Å²) < 4.78 is 47.3. The van der Waals surface area contributed by atoms with Gasteiger partial charge < -0.3 is 14.8 Å². The molecule has 0 unspecified atom stereocenters. The molecular formula is C19H19ClFN3O4S. The molecule has 0 radical (unpaired) electrons. The van der Waals surface area contributed by atoms with Crippen LogP contribution < -0.4 is 14.8 Å². The van der Waals surface area contributed by atoms with Crippen LogP contribution >= 0.6 is 11.6 Å². The summed E-state index contributed by atoms with van der Waals surface area (Å²) in [5.41, 5.74) is 0.729. The number of sulfone groups is 1. The van der Waals surface area contributed by atoms with Crippen molar-refractivity contribution in [3.8, 4) is 11.8 Å². The van der Waals surface area contributed by atoms with Crippen molar-refractivity contribution in [2.24, 2.45) is 0 Å². The fourth-order valence-corrected chi connectivity index (χ4v) is 3.40. The lowest BCUT2D eigenvalue weighted by Crippen LogP contribution is -2.08. The van der Waals surface area contributed by atoms with Crippen molar-refractivity contribution in [3.63, 3.8) is 0 Å². The fourth-order valence-electron chi connectivity index (χ4n) is 2.59. The van der Waals surface area contributed by atoms with Crippen LogP contribution in [0.2, 0.25) is 5.02 Å². The predicted octanol–water partition coefficient (Wildman–Crippen LogP) is 3.99. The zero-order chi connectivity index (χ0) is 21.0. The van der Waals surface area contributed by atoms with Crippen LogP contribution in [-0.4, -0.2) is 44.1 Å². The van der Waals surface area contributed by atoms with Gasteiger partial charge in [0.15, 0.2) is 0 Å². The highest BCUT2D eigenvalue weighted by atomic mass is 35.5. The number of rotatable bonds is 8. The lowest BCUT2D eigenvalue weighted by molar-refractivity contribution is 0.318. The van der Waals surface area contributed by atoms with Crippen molar-refractivity contribution in [2.75, 3.05) is 31.0 Å². The van der Waals surface area contributed by atoms with E-state index in [-0.39, 0.29) is 29.1 Å². The Balaban J connectivity index is 1.86. The first-order chi connectivity index (χ1) is 13.7. The first kappa shape index (κ1) is 21.1. The number of anilines is 2. The predicted molar refractivity (Wildman–Crippen MR) is 111 cm³/mol. The molecule has 0 atom stereocenters. The maximum atomic E-state index is 14.2. The highest BCUT2D eigenvalue weighted by molar-refractivity contribution is 7.90. The molecule has 0 aliphatic carbocycles. The molecule has 7 nitrogen and oxygen atoms in total. The van der Waals surface area contributed by atoms with Crippen molar-refractivity contribution < 1.29 is 22.3 Å². The minimum Gasteiger partial charge on any atom is -0.493 e. The van der Waals surface area contributed by atoms with Gasteiger partial charge in [0, 0.05) is 22.7 Å². The summed E-state index contributed by atoms with van der Waals surface area (Å²) in [7, 11) is -1.60. The van der Waals surface area contributed by atoms with Gasteiger partial charge in [-0.3, -0.25) is 0 Å². The van der Waals surface area contributed by atoms with E-state index in [1.807, 2.05) is 0 Å². The first-order valence-corrected chi connectivity index (χ1v) is 11.1. The third-order valence-electron chi connectivity index (χ3n) is 3.94. The minimum absolute atomic E-state index is 0.0529. The number of methoxy groups -OCH3 is 1. The maximum absolute atomic E-state index is 14.2. The third-order valence-corrected chi connectivity index (χ3v) is 5.21. The van der Waals surface area contributed by atoms with Gasteiger partial charge in [-0.2, -0.15) is 9.97 Å². The van der Waals surface area contributed by atoms with Crippen molar-refractivity contribution in [2.45, 2.75) is 6.42 Å². The van der Waals surface area contributed by atoms with Crippen LogP contribution in [0.15, 0.2) is 36.4 Å². The van der Waals surface area contributed by atoms with Gasteiger partial charge in [0.2, 0.25) is 0 Å². The van der Waals surface area contributed by atoms with Gasteiger partial charge in [-0.15, -0.1) is 0 Å². The summed E-state index contributed by atoms with van der Waals surface area (Å²) in [5, 5.41) is 3.85. The molecule has 3 aromatic rings. The molecular weight excluding hydrogens is 421 g/mol. The molecule has 0 saturated carbocycles. The SMILES string of the molecule is COc1nc(Nc2ccc(Cl)cc2F)c2ccc(OCCCS(C)(=O)=O)cc2n1. The molecule has 0 saturated heterocycles. The summed E-state index contributed by atoms with van der Waals surface area (Å²) in [6.07, 6.45) is 1.57. The van der Waals surface area contributed by atoms with Crippen molar-refractivity contribution >= 4 is 43.8 Å². The normalized spacial score (nSPS) is 11.4. The van der Waals surface area contributed by atoms with Gasteiger partial charge in [-0.1, -0.05) is 11.6 Å².